The molecule has 2 amide bonds. The van der Waals surface area contributed by atoms with Gasteiger partial charge in [-0.15, -0.1) is 0 Å². The van der Waals surface area contributed by atoms with Gasteiger partial charge in [0.1, 0.15) is 0 Å². The topological polar surface area (TPSA) is 52.7 Å². The number of rotatable bonds is 6. The zero-order valence-electron chi connectivity index (χ0n) is 14.2. The van der Waals surface area contributed by atoms with E-state index in [2.05, 4.69) is 5.32 Å². The zero-order chi connectivity index (χ0) is 16.7. The summed E-state index contributed by atoms with van der Waals surface area (Å²) < 4.78 is 0. The van der Waals surface area contributed by atoms with E-state index in [-0.39, 0.29) is 18.4 Å². The van der Waals surface area contributed by atoms with E-state index in [1.54, 1.807) is 4.90 Å². The molecule has 0 unspecified atom stereocenters. The molecule has 0 saturated carbocycles. The van der Waals surface area contributed by atoms with Gasteiger partial charge in [0.15, 0.2) is 0 Å². The summed E-state index contributed by atoms with van der Waals surface area (Å²) in [4.78, 5) is 28.1. The number of amides is 2. The molecule has 1 heterocycles. The molecule has 1 aliphatic rings. The average Bonchev–Trinajstić information content (AvgIpc) is 2.61. The molecule has 1 N–H and O–H groups in total. The molecule has 2 rings (SSSR count). The van der Waals surface area contributed by atoms with Gasteiger partial charge < -0.3 is 15.1 Å². The van der Waals surface area contributed by atoms with Crippen molar-refractivity contribution in [3.8, 4) is 0 Å². The van der Waals surface area contributed by atoms with Crippen molar-refractivity contribution in [3.05, 3.63) is 29.8 Å². The van der Waals surface area contributed by atoms with Gasteiger partial charge in [-0.05, 0) is 57.4 Å². The number of hydrogen-bond acceptors (Lipinski definition) is 3. The highest BCUT2D eigenvalue weighted by Gasteiger charge is 2.17. The minimum atomic E-state index is 0.0865. The molecule has 5 nitrogen and oxygen atoms in total. The van der Waals surface area contributed by atoms with Crippen LogP contribution in [0.5, 0.6) is 0 Å². The Morgan fingerprint density at radius 3 is 2.22 bits per heavy atom. The number of likely N-dealkylation sites (tertiary alicyclic amines) is 1. The molecule has 1 saturated heterocycles. The second-order valence-corrected chi connectivity index (χ2v) is 5.85. The highest BCUT2D eigenvalue weighted by Crippen LogP contribution is 2.15. The summed E-state index contributed by atoms with van der Waals surface area (Å²) >= 11 is 0. The van der Waals surface area contributed by atoms with E-state index in [9.17, 15) is 9.59 Å². The van der Waals surface area contributed by atoms with E-state index >= 15 is 0 Å². The van der Waals surface area contributed by atoms with Crippen LogP contribution >= 0.6 is 0 Å². The summed E-state index contributed by atoms with van der Waals surface area (Å²) in [7, 11) is 0. The number of nitrogens with zero attached hydrogens (tertiary/aromatic N) is 2. The SMILES string of the molecule is CCN(CC)C(=O)CNc1ccc(C(=O)N2CCCCC2)cc1. The number of carbonyl (C=O) groups is 2. The van der Waals surface area contributed by atoms with Crippen LogP contribution in [-0.2, 0) is 4.79 Å². The van der Waals surface area contributed by atoms with Crippen molar-refractivity contribution in [2.45, 2.75) is 33.1 Å². The molecule has 1 fully saturated rings. The van der Waals surface area contributed by atoms with Crippen LogP contribution < -0.4 is 5.32 Å². The van der Waals surface area contributed by atoms with E-state index in [4.69, 9.17) is 0 Å². The minimum absolute atomic E-state index is 0.0865. The largest absolute Gasteiger partial charge is 0.376 e. The number of piperidine rings is 1. The zero-order valence-corrected chi connectivity index (χ0v) is 14.2. The number of hydrogen-bond donors (Lipinski definition) is 1. The monoisotopic (exact) mass is 317 g/mol. The molecule has 1 aliphatic heterocycles. The van der Waals surface area contributed by atoms with Gasteiger partial charge in [0.25, 0.3) is 5.91 Å². The molecule has 0 radical (unpaired) electrons. The third-order valence-corrected chi connectivity index (χ3v) is 4.34. The molecular weight excluding hydrogens is 290 g/mol. The van der Waals surface area contributed by atoms with Crippen molar-refractivity contribution < 1.29 is 9.59 Å². The lowest BCUT2D eigenvalue weighted by Gasteiger charge is -2.26. The lowest BCUT2D eigenvalue weighted by Crippen LogP contribution is -2.35. The molecule has 0 bridgehead atoms. The van der Waals surface area contributed by atoms with E-state index in [0.29, 0.717) is 5.56 Å². The number of benzene rings is 1. The first-order valence-corrected chi connectivity index (χ1v) is 8.56. The molecule has 23 heavy (non-hydrogen) atoms. The predicted octanol–water partition coefficient (Wildman–Crippen LogP) is 2.59. The van der Waals surface area contributed by atoms with Gasteiger partial charge >= 0.3 is 0 Å². The molecule has 126 valence electrons. The first kappa shape index (κ1) is 17.3. The number of carbonyl (C=O) groups excluding carboxylic acids is 2. The number of likely N-dealkylation sites (N-methyl/N-ethyl adjacent to an activating group) is 1. The van der Waals surface area contributed by atoms with Crippen LogP contribution in [0.4, 0.5) is 5.69 Å². The number of anilines is 1. The molecular formula is C18H27N3O2. The lowest BCUT2D eigenvalue weighted by molar-refractivity contribution is -0.128. The van der Waals surface area contributed by atoms with E-state index in [0.717, 1.165) is 44.7 Å². The maximum atomic E-state index is 12.4. The van der Waals surface area contributed by atoms with E-state index in [1.807, 2.05) is 43.0 Å². The highest BCUT2D eigenvalue weighted by molar-refractivity contribution is 5.94. The van der Waals surface area contributed by atoms with Gasteiger partial charge in [-0.2, -0.15) is 0 Å². The van der Waals surface area contributed by atoms with Crippen molar-refractivity contribution in [2.75, 3.05) is 38.0 Å². The normalized spacial score (nSPS) is 14.4. The number of nitrogens with one attached hydrogen (secondary N) is 1. The van der Waals surface area contributed by atoms with Gasteiger partial charge in [0.2, 0.25) is 5.91 Å². The van der Waals surface area contributed by atoms with Crippen LogP contribution in [0, 0.1) is 0 Å². The summed E-state index contributed by atoms with van der Waals surface area (Å²) in [5.74, 6) is 0.193. The van der Waals surface area contributed by atoms with E-state index in [1.165, 1.54) is 6.42 Å². The van der Waals surface area contributed by atoms with Crippen LogP contribution in [0.15, 0.2) is 24.3 Å². The molecule has 0 aliphatic carbocycles. The summed E-state index contributed by atoms with van der Waals surface area (Å²) in [6, 6.07) is 7.40. The third-order valence-electron chi connectivity index (χ3n) is 4.34. The second kappa shape index (κ2) is 8.56. The van der Waals surface area contributed by atoms with Crippen molar-refractivity contribution in [2.24, 2.45) is 0 Å². The lowest BCUT2D eigenvalue weighted by atomic mass is 10.1. The van der Waals surface area contributed by atoms with E-state index < -0.39 is 0 Å². The van der Waals surface area contributed by atoms with Gasteiger partial charge in [0, 0.05) is 37.4 Å². The maximum absolute atomic E-state index is 12.4. The molecule has 5 heteroatoms. The van der Waals surface area contributed by atoms with Crippen LogP contribution in [0.1, 0.15) is 43.5 Å². The summed E-state index contributed by atoms with van der Waals surface area (Å²) in [5.41, 5.74) is 1.58. The van der Waals surface area contributed by atoms with Crippen molar-refractivity contribution in [1.29, 1.82) is 0 Å². The third kappa shape index (κ3) is 4.71. The van der Waals surface area contributed by atoms with Gasteiger partial charge in [-0.25, -0.2) is 0 Å². The summed E-state index contributed by atoms with van der Waals surface area (Å²) in [6.45, 7) is 7.39. The smallest absolute Gasteiger partial charge is 0.253 e. The van der Waals surface area contributed by atoms with Gasteiger partial charge in [-0.1, -0.05) is 0 Å². The Bertz CT molecular complexity index is 518. The highest BCUT2D eigenvalue weighted by atomic mass is 16.2. The average molecular weight is 317 g/mol. The second-order valence-electron chi connectivity index (χ2n) is 5.85. The maximum Gasteiger partial charge on any atom is 0.253 e. The van der Waals surface area contributed by atoms with Crippen LogP contribution in [0.3, 0.4) is 0 Å². The first-order valence-electron chi connectivity index (χ1n) is 8.56. The van der Waals surface area contributed by atoms with Crippen molar-refractivity contribution in [1.82, 2.24) is 9.80 Å². The first-order chi connectivity index (χ1) is 11.2. The Hall–Kier alpha value is -2.04. The Morgan fingerprint density at radius 1 is 1.04 bits per heavy atom. The van der Waals surface area contributed by atoms with Crippen molar-refractivity contribution >= 4 is 17.5 Å². The fourth-order valence-electron chi connectivity index (χ4n) is 2.88. The summed E-state index contributed by atoms with van der Waals surface area (Å²) in [5, 5.41) is 3.12. The Morgan fingerprint density at radius 2 is 1.65 bits per heavy atom. The fraction of sp³-hybridized carbons (Fsp3) is 0.556. The Labute approximate surface area is 138 Å². The fourth-order valence-corrected chi connectivity index (χ4v) is 2.88. The Kier molecular flexibility index (Phi) is 6.44. The molecule has 1 aromatic carbocycles. The summed E-state index contributed by atoms with van der Waals surface area (Å²) in [6.07, 6.45) is 3.41. The Balaban J connectivity index is 1.89. The minimum Gasteiger partial charge on any atom is -0.376 e. The van der Waals surface area contributed by atoms with Crippen LogP contribution in [-0.4, -0.2) is 54.3 Å². The molecule has 0 atom stereocenters. The quantitative estimate of drug-likeness (QED) is 0.877. The van der Waals surface area contributed by atoms with Crippen molar-refractivity contribution in [3.63, 3.8) is 0 Å². The van der Waals surface area contributed by atoms with Crippen LogP contribution in [0.25, 0.3) is 0 Å². The standard InChI is InChI=1S/C18H27N3O2/c1-3-20(4-2)17(22)14-19-16-10-8-15(9-11-16)18(23)21-12-6-5-7-13-21/h8-11,19H,3-7,12-14H2,1-2H3. The predicted molar refractivity (Wildman–Crippen MR) is 92.6 cm³/mol. The van der Waals surface area contributed by atoms with Crippen LogP contribution in [0.2, 0.25) is 0 Å². The molecule has 0 spiro atoms. The van der Waals surface area contributed by atoms with Gasteiger partial charge in [-0.3, -0.25) is 9.59 Å². The molecule has 0 aromatic heterocycles. The molecule has 1 aromatic rings. The van der Waals surface area contributed by atoms with Gasteiger partial charge in [0.05, 0.1) is 6.54 Å².